The quantitative estimate of drug-likeness (QED) is 0.521. The molecule has 0 fully saturated rings. The molecule has 1 N–H and O–H groups in total. The Kier molecular flexibility index (Phi) is 5.38. The molecule has 0 radical (unpaired) electrons. The van der Waals surface area contributed by atoms with Crippen molar-refractivity contribution in [2.45, 2.75) is 24.5 Å². The predicted octanol–water partition coefficient (Wildman–Crippen LogP) is 4.04. The molecular formula is C17H14F2N2O3S2. The summed E-state index contributed by atoms with van der Waals surface area (Å²) in [5.74, 6) is -1.12. The Bertz CT molecular complexity index is 1050. The maximum atomic E-state index is 13.7. The maximum absolute atomic E-state index is 13.7. The predicted molar refractivity (Wildman–Crippen MR) is 96.9 cm³/mol. The Labute approximate surface area is 155 Å². The number of fused-ring (bicyclic) bond motifs is 1. The number of H-pyrrole nitrogens is 1. The summed E-state index contributed by atoms with van der Waals surface area (Å²) in [6.45, 7) is 3.60. The molecule has 0 atom stereocenters. The van der Waals surface area contributed by atoms with Crippen LogP contribution in [0.1, 0.15) is 28.0 Å². The van der Waals surface area contributed by atoms with Crippen LogP contribution < -0.4 is 5.56 Å². The van der Waals surface area contributed by atoms with Gasteiger partial charge in [-0.15, -0.1) is 23.1 Å². The SMILES string of the molecule is CCOC(=O)c1sc2nc(CSc3cc(F)ccc3F)[nH]c(=O)c2c1C. The summed E-state index contributed by atoms with van der Waals surface area (Å²) >= 11 is 2.10. The van der Waals surface area contributed by atoms with Crippen LogP contribution in [-0.4, -0.2) is 22.5 Å². The second-order valence-corrected chi connectivity index (χ2v) is 7.35. The minimum Gasteiger partial charge on any atom is -0.462 e. The first-order chi connectivity index (χ1) is 12.4. The van der Waals surface area contributed by atoms with Gasteiger partial charge in [-0.3, -0.25) is 4.79 Å². The van der Waals surface area contributed by atoms with Gasteiger partial charge in [0.2, 0.25) is 0 Å². The van der Waals surface area contributed by atoms with Crippen molar-refractivity contribution in [2.75, 3.05) is 6.61 Å². The molecule has 5 nitrogen and oxygen atoms in total. The minimum absolute atomic E-state index is 0.127. The number of carbonyl (C=O) groups excluding carboxylic acids is 1. The highest BCUT2D eigenvalue weighted by Gasteiger charge is 2.20. The van der Waals surface area contributed by atoms with Gasteiger partial charge < -0.3 is 9.72 Å². The maximum Gasteiger partial charge on any atom is 0.348 e. The largest absolute Gasteiger partial charge is 0.462 e. The van der Waals surface area contributed by atoms with E-state index in [1.54, 1.807) is 13.8 Å². The average Bonchev–Trinajstić information content (AvgIpc) is 2.93. The fraction of sp³-hybridized carbons (Fsp3) is 0.235. The molecule has 0 amide bonds. The van der Waals surface area contributed by atoms with Crippen molar-refractivity contribution in [1.29, 1.82) is 0 Å². The molecule has 136 valence electrons. The summed E-state index contributed by atoms with van der Waals surface area (Å²) in [5, 5.41) is 0.337. The van der Waals surface area contributed by atoms with Gasteiger partial charge in [-0.05, 0) is 37.6 Å². The van der Waals surface area contributed by atoms with E-state index in [4.69, 9.17) is 4.74 Å². The molecule has 0 aliphatic heterocycles. The van der Waals surface area contributed by atoms with Gasteiger partial charge in [0.1, 0.15) is 27.2 Å². The molecule has 0 spiro atoms. The van der Waals surface area contributed by atoms with Crippen molar-refractivity contribution in [3.05, 3.63) is 56.5 Å². The van der Waals surface area contributed by atoms with E-state index in [9.17, 15) is 18.4 Å². The van der Waals surface area contributed by atoms with Gasteiger partial charge in [-0.25, -0.2) is 18.6 Å². The fourth-order valence-electron chi connectivity index (χ4n) is 2.38. The number of aromatic nitrogens is 2. The molecular weight excluding hydrogens is 382 g/mol. The monoisotopic (exact) mass is 396 g/mol. The highest BCUT2D eigenvalue weighted by molar-refractivity contribution is 7.98. The van der Waals surface area contributed by atoms with Crippen molar-refractivity contribution in [2.24, 2.45) is 0 Å². The van der Waals surface area contributed by atoms with Crippen LogP contribution in [-0.2, 0) is 10.5 Å². The third-order valence-corrected chi connectivity index (χ3v) is 5.78. The average molecular weight is 396 g/mol. The lowest BCUT2D eigenvalue weighted by Gasteiger charge is -2.03. The van der Waals surface area contributed by atoms with E-state index in [0.717, 1.165) is 41.3 Å². The molecule has 2 aromatic heterocycles. The van der Waals surface area contributed by atoms with Gasteiger partial charge >= 0.3 is 5.97 Å². The number of nitrogens with zero attached hydrogens (tertiary/aromatic N) is 1. The first-order valence-corrected chi connectivity index (χ1v) is 9.48. The van der Waals surface area contributed by atoms with Gasteiger partial charge in [0.25, 0.3) is 5.56 Å². The van der Waals surface area contributed by atoms with Crippen LogP contribution in [0, 0.1) is 18.6 Å². The van der Waals surface area contributed by atoms with Crippen LogP contribution in [0.5, 0.6) is 0 Å². The minimum atomic E-state index is -0.545. The number of ether oxygens (including phenoxy) is 1. The molecule has 1 aromatic carbocycles. The number of aromatic amines is 1. The molecule has 0 saturated heterocycles. The van der Waals surface area contributed by atoms with Crippen molar-refractivity contribution >= 4 is 39.3 Å². The molecule has 0 bridgehead atoms. The number of hydrogen-bond donors (Lipinski definition) is 1. The summed E-state index contributed by atoms with van der Waals surface area (Å²) in [5.41, 5.74) is 0.141. The zero-order chi connectivity index (χ0) is 18.8. The number of rotatable bonds is 5. The number of carbonyl (C=O) groups is 1. The second kappa shape index (κ2) is 7.55. The fourth-order valence-corrected chi connectivity index (χ4v) is 4.31. The normalized spacial score (nSPS) is 11.1. The number of thioether (sulfide) groups is 1. The van der Waals surface area contributed by atoms with E-state index in [0.29, 0.717) is 26.5 Å². The lowest BCUT2D eigenvalue weighted by molar-refractivity contribution is 0.0531. The van der Waals surface area contributed by atoms with Crippen molar-refractivity contribution < 1.29 is 18.3 Å². The molecule has 26 heavy (non-hydrogen) atoms. The van der Waals surface area contributed by atoms with Crippen LogP contribution in [0.15, 0.2) is 27.9 Å². The molecule has 3 rings (SSSR count). The number of hydrogen-bond acceptors (Lipinski definition) is 6. The van der Waals surface area contributed by atoms with Gasteiger partial charge in [-0.1, -0.05) is 0 Å². The van der Waals surface area contributed by atoms with Gasteiger partial charge in [-0.2, -0.15) is 0 Å². The summed E-state index contributed by atoms with van der Waals surface area (Å²) in [7, 11) is 0. The smallest absolute Gasteiger partial charge is 0.348 e. The van der Waals surface area contributed by atoms with E-state index >= 15 is 0 Å². The van der Waals surface area contributed by atoms with E-state index in [1.807, 2.05) is 0 Å². The molecule has 3 aromatic rings. The van der Waals surface area contributed by atoms with Crippen LogP contribution in [0.4, 0.5) is 8.78 Å². The topological polar surface area (TPSA) is 72.0 Å². The van der Waals surface area contributed by atoms with Crippen molar-refractivity contribution in [1.82, 2.24) is 9.97 Å². The Morgan fingerprint density at radius 1 is 1.38 bits per heavy atom. The van der Waals surface area contributed by atoms with Crippen LogP contribution >= 0.6 is 23.1 Å². The van der Waals surface area contributed by atoms with Crippen molar-refractivity contribution in [3.63, 3.8) is 0 Å². The molecule has 0 aliphatic rings. The van der Waals surface area contributed by atoms with Crippen LogP contribution in [0.2, 0.25) is 0 Å². The van der Waals surface area contributed by atoms with Gasteiger partial charge in [0.05, 0.1) is 17.7 Å². The molecule has 9 heteroatoms. The van der Waals surface area contributed by atoms with Crippen molar-refractivity contribution in [3.8, 4) is 0 Å². The van der Waals surface area contributed by atoms with E-state index in [1.165, 1.54) is 0 Å². The molecule has 0 saturated carbocycles. The number of thiophene rings is 1. The number of benzene rings is 1. The molecule has 0 unspecified atom stereocenters. The Morgan fingerprint density at radius 2 is 2.15 bits per heavy atom. The van der Waals surface area contributed by atoms with E-state index in [-0.39, 0.29) is 22.8 Å². The Balaban J connectivity index is 1.92. The zero-order valence-electron chi connectivity index (χ0n) is 13.9. The lowest BCUT2D eigenvalue weighted by atomic mass is 10.2. The summed E-state index contributed by atoms with van der Waals surface area (Å²) in [6.07, 6.45) is 0. The van der Waals surface area contributed by atoms with Crippen LogP contribution in [0.25, 0.3) is 10.2 Å². The second-order valence-electron chi connectivity index (χ2n) is 5.33. The van der Waals surface area contributed by atoms with E-state index in [2.05, 4.69) is 9.97 Å². The highest BCUT2D eigenvalue weighted by atomic mass is 32.2. The number of nitrogens with one attached hydrogen (secondary N) is 1. The standard InChI is InChI=1S/C17H14F2N2O3S2/c1-3-24-17(23)14-8(2)13-15(22)20-12(21-16(13)26-14)7-25-11-6-9(18)4-5-10(11)19/h4-6H,3,7H2,1-2H3,(H,20,21,22). The Morgan fingerprint density at radius 3 is 2.88 bits per heavy atom. The molecule has 0 aliphatic carbocycles. The number of aryl methyl sites for hydroxylation is 1. The summed E-state index contributed by atoms with van der Waals surface area (Å²) in [6, 6.07) is 3.17. The third kappa shape index (κ3) is 3.63. The number of esters is 1. The molecule has 2 heterocycles. The zero-order valence-corrected chi connectivity index (χ0v) is 15.5. The lowest BCUT2D eigenvalue weighted by Crippen LogP contribution is -2.11. The third-order valence-electron chi connectivity index (χ3n) is 3.57. The Hall–Kier alpha value is -2.26. The first-order valence-electron chi connectivity index (χ1n) is 7.68. The van der Waals surface area contributed by atoms with Crippen LogP contribution in [0.3, 0.4) is 0 Å². The summed E-state index contributed by atoms with van der Waals surface area (Å²) in [4.78, 5) is 32.2. The first kappa shape index (κ1) is 18.5. The summed E-state index contributed by atoms with van der Waals surface area (Å²) < 4.78 is 31.9. The number of halogens is 2. The van der Waals surface area contributed by atoms with Gasteiger partial charge in [0.15, 0.2) is 0 Å². The van der Waals surface area contributed by atoms with Gasteiger partial charge in [0, 0.05) is 4.90 Å². The highest BCUT2D eigenvalue weighted by Crippen LogP contribution is 2.29. The van der Waals surface area contributed by atoms with E-state index < -0.39 is 17.6 Å².